The number of sulfone groups is 1. The maximum atomic E-state index is 12.0. The Morgan fingerprint density at radius 2 is 1.68 bits per heavy atom. The zero-order valence-corrected chi connectivity index (χ0v) is 12.4. The molecule has 1 aromatic rings. The average molecular weight is 283 g/mol. The molecule has 0 radical (unpaired) electrons. The summed E-state index contributed by atoms with van der Waals surface area (Å²) in [6.45, 7) is 6.31. The van der Waals surface area contributed by atoms with Crippen LogP contribution in [0, 0.1) is 0 Å². The molecule has 0 aliphatic carbocycles. The lowest BCUT2D eigenvalue weighted by Gasteiger charge is -2.19. The minimum atomic E-state index is -3.34. The predicted octanol–water partition coefficient (Wildman–Crippen LogP) is 1.03. The van der Waals surface area contributed by atoms with Crippen LogP contribution < -0.4 is 11.5 Å². The Balaban J connectivity index is 2.88. The van der Waals surface area contributed by atoms with Crippen LogP contribution in [0.1, 0.15) is 26.3 Å². The molecule has 0 saturated heterocycles. The predicted molar refractivity (Wildman–Crippen MR) is 77.9 cm³/mol. The molecule has 0 aromatic heterocycles. The van der Waals surface area contributed by atoms with Gasteiger partial charge in [-0.15, -0.1) is 0 Å². The van der Waals surface area contributed by atoms with Gasteiger partial charge in [0, 0.05) is 0 Å². The van der Waals surface area contributed by atoms with Crippen LogP contribution in [0.3, 0.4) is 0 Å². The van der Waals surface area contributed by atoms with Gasteiger partial charge in [0.25, 0.3) is 0 Å². The molecular weight excluding hydrogens is 262 g/mol. The topological polar surface area (TPSA) is 98.5 Å². The van der Waals surface area contributed by atoms with Crippen molar-refractivity contribution in [2.24, 2.45) is 16.5 Å². The fraction of sp³-hybridized carbons (Fsp3) is 0.462. The summed E-state index contributed by atoms with van der Waals surface area (Å²) in [6, 6.07) is 6.94. The van der Waals surface area contributed by atoms with Crippen LogP contribution in [0.25, 0.3) is 0 Å². The van der Waals surface area contributed by atoms with Crippen molar-refractivity contribution in [3.8, 4) is 0 Å². The van der Waals surface area contributed by atoms with E-state index < -0.39 is 9.84 Å². The van der Waals surface area contributed by atoms with E-state index in [1.54, 1.807) is 12.1 Å². The van der Waals surface area contributed by atoms with Crippen molar-refractivity contribution >= 4 is 15.8 Å². The van der Waals surface area contributed by atoms with Crippen molar-refractivity contribution < 1.29 is 8.42 Å². The average Bonchev–Trinajstić information content (AvgIpc) is 2.27. The summed E-state index contributed by atoms with van der Waals surface area (Å²) in [5, 5.41) is 0. The second-order valence-corrected chi connectivity index (χ2v) is 7.51. The summed E-state index contributed by atoms with van der Waals surface area (Å²) < 4.78 is 24.0. The van der Waals surface area contributed by atoms with Crippen molar-refractivity contribution in [3.63, 3.8) is 0 Å². The highest BCUT2D eigenvalue weighted by atomic mass is 32.2. The minimum absolute atomic E-state index is 0.000581. The molecular formula is C13H21N3O2S. The molecule has 106 valence electrons. The fourth-order valence-electron chi connectivity index (χ4n) is 1.58. The molecule has 19 heavy (non-hydrogen) atoms. The lowest BCUT2D eigenvalue weighted by molar-refractivity contribution is 0.586. The maximum Gasteiger partial charge on any atom is 0.185 e. The number of aliphatic imine (C=N–C) groups is 1. The van der Waals surface area contributed by atoms with Crippen LogP contribution in [0.4, 0.5) is 0 Å². The lowest BCUT2D eigenvalue weighted by atomic mass is 9.87. The highest BCUT2D eigenvalue weighted by Crippen LogP contribution is 2.23. The van der Waals surface area contributed by atoms with Gasteiger partial charge in [0.1, 0.15) is 0 Å². The number of hydrogen-bond donors (Lipinski definition) is 2. The van der Waals surface area contributed by atoms with Crippen LogP contribution in [-0.4, -0.2) is 26.7 Å². The van der Waals surface area contributed by atoms with E-state index in [1.165, 1.54) is 0 Å². The van der Waals surface area contributed by atoms with Crippen molar-refractivity contribution in [1.82, 2.24) is 0 Å². The largest absolute Gasteiger partial charge is 0.370 e. The van der Waals surface area contributed by atoms with Crippen molar-refractivity contribution in [3.05, 3.63) is 29.8 Å². The van der Waals surface area contributed by atoms with Gasteiger partial charge >= 0.3 is 0 Å². The molecule has 0 bridgehead atoms. The van der Waals surface area contributed by atoms with Gasteiger partial charge in [-0.25, -0.2) is 8.42 Å². The third-order valence-corrected chi connectivity index (χ3v) is 4.44. The molecule has 0 aliphatic rings. The van der Waals surface area contributed by atoms with Crippen LogP contribution in [-0.2, 0) is 15.3 Å². The highest BCUT2D eigenvalue weighted by molar-refractivity contribution is 7.91. The second-order valence-electron chi connectivity index (χ2n) is 5.40. The van der Waals surface area contributed by atoms with Crippen LogP contribution in [0.2, 0.25) is 0 Å². The number of rotatable bonds is 4. The number of benzene rings is 1. The summed E-state index contributed by atoms with van der Waals surface area (Å²) in [6.07, 6.45) is 0. The zero-order valence-electron chi connectivity index (χ0n) is 11.6. The summed E-state index contributed by atoms with van der Waals surface area (Å²) in [5.74, 6) is -0.196. The second kappa shape index (κ2) is 5.61. The monoisotopic (exact) mass is 283 g/mol. The van der Waals surface area contributed by atoms with E-state index in [1.807, 2.05) is 12.1 Å². The standard InChI is InChI=1S/C13H21N3O2S/c1-13(2,3)10-4-6-11(7-5-10)19(17,18)9-8-16-12(14)15/h4-7H,8-9H2,1-3H3,(H4,14,15,16). The number of hydrogen-bond acceptors (Lipinski definition) is 3. The van der Waals surface area contributed by atoms with Gasteiger partial charge < -0.3 is 11.5 Å². The SMILES string of the molecule is CC(C)(C)c1ccc(S(=O)(=O)CCN=C(N)N)cc1. The Kier molecular flexibility index (Phi) is 4.57. The molecule has 5 nitrogen and oxygen atoms in total. The van der Waals surface area contributed by atoms with Crippen LogP contribution in [0.15, 0.2) is 34.2 Å². The molecule has 0 aliphatic heterocycles. The third kappa shape index (κ3) is 4.55. The molecule has 0 unspecified atom stereocenters. The van der Waals surface area contributed by atoms with Gasteiger partial charge in [0.15, 0.2) is 15.8 Å². The van der Waals surface area contributed by atoms with E-state index in [-0.39, 0.29) is 23.7 Å². The Hall–Kier alpha value is -1.56. The molecule has 0 saturated carbocycles. The molecule has 1 aromatic carbocycles. The number of nitrogens with zero attached hydrogens (tertiary/aromatic N) is 1. The van der Waals surface area contributed by atoms with Crippen molar-refractivity contribution in [2.45, 2.75) is 31.1 Å². The molecule has 6 heteroatoms. The zero-order chi connectivity index (χ0) is 14.7. The fourth-order valence-corrected chi connectivity index (χ4v) is 2.69. The van der Waals surface area contributed by atoms with Gasteiger partial charge in [0.05, 0.1) is 17.2 Å². The summed E-state index contributed by atoms with van der Waals surface area (Å²) in [4.78, 5) is 3.98. The lowest BCUT2D eigenvalue weighted by Crippen LogP contribution is -2.24. The summed E-state index contributed by atoms with van der Waals surface area (Å²) in [7, 11) is -3.34. The Bertz CT molecular complexity index is 551. The van der Waals surface area contributed by atoms with Crippen LogP contribution in [0.5, 0.6) is 0 Å². The van der Waals surface area contributed by atoms with E-state index in [0.717, 1.165) is 5.56 Å². The van der Waals surface area contributed by atoms with Crippen LogP contribution >= 0.6 is 0 Å². The minimum Gasteiger partial charge on any atom is -0.370 e. The number of nitrogens with two attached hydrogens (primary N) is 2. The maximum absolute atomic E-state index is 12.0. The first-order chi connectivity index (χ1) is 8.63. The molecule has 0 heterocycles. The number of guanidine groups is 1. The van der Waals surface area contributed by atoms with Gasteiger partial charge in [0.2, 0.25) is 0 Å². The molecule has 0 spiro atoms. The molecule has 4 N–H and O–H groups in total. The Morgan fingerprint density at radius 3 is 2.11 bits per heavy atom. The molecule has 1 rings (SSSR count). The first-order valence-corrected chi connectivity index (χ1v) is 7.67. The van der Waals surface area contributed by atoms with E-state index in [2.05, 4.69) is 25.8 Å². The quantitative estimate of drug-likeness (QED) is 0.637. The van der Waals surface area contributed by atoms with E-state index >= 15 is 0 Å². The van der Waals surface area contributed by atoms with E-state index in [4.69, 9.17) is 11.5 Å². The van der Waals surface area contributed by atoms with E-state index in [9.17, 15) is 8.42 Å². The van der Waals surface area contributed by atoms with Gasteiger partial charge in [-0.2, -0.15) is 0 Å². The van der Waals surface area contributed by atoms with E-state index in [0.29, 0.717) is 4.90 Å². The van der Waals surface area contributed by atoms with Gasteiger partial charge in [-0.3, -0.25) is 4.99 Å². The Labute approximate surface area is 114 Å². The summed E-state index contributed by atoms with van der Waals surface area (Å²) >= 11 is 0. The molecule has 0 fully saturated rings. The molecule has 0 amide bonds. The van der Waals surface area contributed by atoms with Crippen molar-refractivity contribution in [2.75, 3.05) is 12.3 Å². The Morgan fingerprint density at radius 1 is 1.16 bits per heavy atom. The third-order valence-electron chi connectivity index (χ3n) is 2.73. The molecule has 0 atom stereocenters. The van der Waals surface area contributed by atoms with Gasteiger partial charge in [-0.05, 0) is 23.1 Å². The highest BCUT2D eigenvalue weighted by Gasteiger charge is 2.17. The van der Waals surface area contributed by atoms with Gasteiger partial charge in [-0.1, -0.05) is 32.9 Å². The normalized spacial score (nSPS) is 12.2. The summed E-state index contributed by atoms with van der Waals surface area (Å²) in [5.41, 5.74) is 11.4. The first kappa shape index (κ1) is 15.5. The first-order valence-electron chi connectivity index (χ1n) is 6.01. The van der Waals surface area contributed by atoms with Crippen molar-refractivity contribution in [1.29, 1.82) is 0 Å². The smallest absolute Gasteiger partial charge is 0.185 e.